The highest BCUT2D eigenvalue weighted by atomic mass is 16.6. The van der Waals surface area contributed by atoms with E-state index in [-0.39, 0.29) is 11.6 Å². The molecule has 7 heteroatoms. The van der Waals surface area contributed by atoms with Gasteiger partial charge in [-0.3, -0.25) is 14.9 Å². The minimum absolute atomic E-state index is 0.00453. The molecule has 0 aliphatic heterocycles. The third-order valence-electron chi connectivity index (χ3n) is 3.39. The fourth-order valence-corrected chi connectivity index (χ4v) is 2.19. The van der Waals surface area contributed by atoms with E-state index >= 15 is 0 Å². The van der Waals surface area contributed by atoms with Crippen molar-refractivity contribution in [1.82, 2.24) is 5.32 Å². The number of nitro groups is 1. The predicted octanol–water partition coefficient (Wildman–Crippen LogP) is 2.84. The number of rotatable bonds is 8. The summed E-state index contributed by atoms with van der Waals surface area (Å²) in [4.78, 5) is 22.3. The van der Waals surface area contributed by atoms with Gasteiger partial charge in [0.1, 0.15) is 11.4 Å². The third-order valence-corrected chi connectivity index (χ3v) is 3.39. The number of hydrogen-bond donors (Lipinski definition) is 2. The van der Waals surface area contributed by atoms with Crippen LogP contribution in [0.2, 0.25) is 0 Å². The van der Waals surface area contributed by atoms with E-state index in [0.29, 0.717) is 24.5 Å². The molecular weight excluding hydrogens is 322 g/mol. The first kappa shape index (κ1) is 18.0. The van der Waals surface area contributed by atoms with Crippen molar-refractivity contribution in [2.45, 2.75) is 0 Å². The molecule has 0 radical (unpaired) electrons. The maximum atomic E-state index is 11.8. The van der Waals surface area contributed by atoms with Crippen LogP contribution >= 0.6 is 0 Å². The van der Waals surface area contributed by atoms with E-state index in [9.17, 15) is 14.9 Å². The van der Waals surface area contributed by atoms with Crippen LogP contribution in [0.1, 0.15) is 5.56 Å². The molecule has 0 fully saturated rings. The Morgan fingerprint density at radius 1 is 1.16 bits per heavy atom. The lowest BCUT2D eigenvalue weighted by atomic mass is 10.2. The molecule has 0 aliphatic carbocycles. The Morgan fingerprint density at radius 3 is 2.64 bits per heavy atom. The van der Waals surface area contributed by atoms with Crippen molar-refractivity contribution in [3.05, 3.63) is 70.3 Å². The zero-order valence-corrected chi connectivity index (χ0v) is 13.8. The molecule has 2 aromatic carbocycles. The van der Waals surface area contributed by atoms with Gasteiger partial charge in [0.15, 0.2) is 0 Å². The maximum absolute atomic E-state index is 11.8. The van der Waals surface area contributed by atoms with E-state index in [0.717, 1.165) is 5.56 Å². The first-order valence-electron chi connectivity index (χ1n) is 7.68. The Kier molecular flexibility index (Phi) is 6.53. The molecule has 0 bridgehead atoms. The summed E-state index contributed by atoms with van der Waals surface area (Å²) in [5, 5.41) is 16.6. The van der Waals surface area contributed by atoms with E-state index in [4.69, 9.17) is 4.74 Å². The Hall–Kier alpha value is -3.35. The number of carbonyl (C=O) groups is 1. The van der Waals surface area contributed by atoms with E-state index in [1.807, 2.05) is 24.3 Å². The van der Waals surface area contributed by atoms with Crippen LogP contribution < -0.4 is 15.4 Å². The summed E-state index contributed by atoms with van der Waals surface area (Å²) in [5.74, 6) is 0.430. The number of anilines is 1. The number of benzene rings is 2. The highest BCUT2D eigenvalue weighted by molar-refractivity contribution is 5.92. The van der Waals surface area contributed by atoms with Crippen molar-refractivity contribution >= 4 is 23.4 Å². The zero-order valence-electron chi connectivity index (χ0n) is 13.8. The number of nitrogens with zero attached hydrogens (tertiary/aromatic N) is 1. The van der Waals surface area contributed by atoms with Crippen LogP contribution in [-0.2, 0) is 4.79 Å². The average molecular weight is 341 g/mol. The van der Waals surface area contributed by atoms with Crippen LogP contribution in [0, 0.1) is 10.1 Å². The van der Waals surface area contributed by atoms with Gasteiger partial charge in [0.25, 0.3) is 5.69 Å². The van der Waals surface area contributed by atoms with Crippen molar-refractivity contribution in [1.29, 1.82) is 0 Å². The number of amides is 1. The number of para-hydroxylation sites is 3. The number of nitrogens with one attached hydrogen (secondary N) is 2. The van der Waals surface area contributed by atoms with Gasteiger partial charge in [-0.15, -0.1) is 0 Å². The van der Waals surface area contributed by atoms with Gasteiger partial charge < -0.3 is 15.4 Å². The highest BCUT2D eigenvalue weighted by Crippen LogP contribution is 2.22. The Morgan fingerprint density at radius 2 is 1.88 bits per heavy atom. The molecule has 0 atom stereocenters. The van der Waals surface area contributed by atoms with Crippen molar-refractivity contribution in [2.24, 2.45) is 0 Å². The smallest absolute Gasteiger partial charge is 0.292 e. The minimum atomic E-state index is -0.448. The molecule has 0 aromatic heterocycles. The standard InChI is InChI=1S/C18H19N3O4/c1-25-17-9-5-2-6-14(17)10-11-18(22)20-13-12-19-15-7-3-4-8-16(15)21(23)24/h2-11,19H,12-13H2,1H3,(H,20,22)/b11-10+. The number of hydrogen-bond acceptors (Lipinski definition) is 5. The SMILES string of the molecule is COc1ccccc1/C=C/C(=O)NCCNc1ccccc1[N+](=O)[O-]. The number of ether oxygens (including phenoxy) is 1. The summed E-state index contributed by atoms with van der Waals surface area (Å²) in [5.41, 5.74) is 1.23. The van der Waals surface area contributed by atoms with Crippen LogP contribution in [0.5, 0.6) is 5.75 Å². The third kappa shape index (κ3) is 5.35. The van der Waals surface area contributed by atoms with Crippen LogP contribution in [0.15, 0.2) is 54.6 Å². The predicted molar refractivity (Wildman–Crippen MR) is 96.6 cm³/mol. The molecule has 0 spiro atoms. The maximum Gasteiger partial charge on any atom is 0.292 e. The van der Waals surface area contributed by atoms with E-state index in [2.05, 4.69) is 10.6 Å². The first-order chi connectivity index (χ1) is 12.1. The topological polar surface area (TPSA) is 93.5 Å². The second-order valence-electron chi connectivity index (χ2n) is 5.07. The molecule has 2 aromatic rings. The molecule has 130 valence electrons. The van der Waals surface area contributed by atoms with Crippen molar-refractivity contribution < 1.29 is 14.5 Å². The summed E-state index contributed by atoms with van der Waals surface area (Å²) in [7, 11) is 1.57. The highest BCUT2D eigenvalue weighted by Gasteiger charge is 2.11. The second kappa shape index (κ2) is 9.07. The fraction of sp³-hybridized carbons (Fsp3) is 0.167. The van der Waals surface area contributed by atoms with Gasteiger partial charge in [-0.25, -0.2) is 0 Å². The van der Waals surface area contributed by atoms with Crippen LogP contribution in [-0.4, -0.2) is 31.0 Å². The lowest BCUT2D eigenvalue weighted by Crippen LogP contribution is -2.27. The molecule has 25 heavy (non-hydrogen) atoms. The van der Waals surface area contributed by atoms with Gasteiger partial charge in [-0.1, -0.05) is 30.3 Å². The number of nitro benzene ring substituents is 1. The number of methoxy groups -OCH3 is 1. The van der Waals surface area contributed by atoms with E-state index in [1.165, 1.54) is 12.1 Å². The largest absolute Gasteiger partial charge is 0.496 e. The normalized spacial score (nSPS) is 10.4. The van der Waals surface area contributed by atoms with Gasteiger partial charge in [0.2, 0.25) is 5.91 Å². The Bertz CT molecular complexity index is 774. The molecule has 2 rings (SSSR count). The van der Waals surface area contributed by atoms with E-state index in [1.54, 1.807) is 31.4 Å². The second-order valence-corrected chi connectivity index (χ2v) is 5.07. The molecular formula is C18H19N3O4. The monoisotopic (exact) mass is 341 g/mol. The molecule has 0 saturated heterocycles. The average Bonchev–Trinajstić information content (AvgIpc) is 2.64. The van der Waals surface area contributed by atoms with Gasteiger partial charge >= 0.3 is 0 Å². The molecule has 0 heterocycles. The van der Waals surface area contributed by atoms with Gasteiger partial charge in [0, 0.05) is 30.8 Å². The quantitative estimate of drug-likeness (QED) is 0.333. The summed E-state index contributed by atoms with van der Waals surface area (Å²) < 4.78 is 5.21. The summed E-state index contributed by atoms with van der Waals surface area (Å²) in [6.07, 6.45) is 3.09. The minimum Gasteiger partial charge on any atom is -0.496 e. The molecule has 0 unspecified atom stereocenters. The van der Waals surface area contributed by atoms with Gasteiger partial charge in [0.05, 0.1) is 12.0 Å². The van der Waals surface area contributed by atoms with Gasteiger partial charge in [-0.05, 0) is 18.2 Å². The molecule has 1 amide bonds. The zero-order chi connectivity index (χ0) is 18.1. The van der Waals surface area contributed by atoms with Crippen LogP contribution in [0.4, 0.5) is 11.4 Å². The Balaban J connectivity index is 1.81. The summed E-state index contributed by atoms with van der Waals surface area (Å²) in [6, 6.07) is 13.7. The summed E-state index contributed by atoms with van der Waals surface area (Å²) >= 11 is 0. The fourth-order valence-electron chi connectivity index (χ4n) is 2.19. The molecule has 0 aliphatic rings. The lowest BCUT2D eigenvalue weighted by Gasteiger charge is -2.07. The van der Waals surface area contributed by atoms with E-state index < -0.39 is 4.92 Å². The van der Waals surface area contributed by atoms with Crippen molar-refractivity contribution in [3.8, 4) is 5.75 Å². The van der Waals surface area contributed by atoms with Crippen molar-refractivity contribution in [2.75, 3.05) is 25.5 Å². The Labute approximate surface area is 145 Å². The van der Waals surface area contributed by atoms with Crippen molar-refractivity contribution in [3.63, 3.8) is 0 Å². The molecule has 0 saturated carbocycles. The lowest BCUT2D eigenvalue weighted by molar-refractivity contribution is -0.384. The summed E-state index contributed by atoms with van der Waals surface area (Å²) in [6.45, 7) is 0.709. The van der Waals surface area contributed by atoms with Gasteiger partial charge in [-0.2, -0.15) is 0 Å². The number of carbonyl (C=O) groups excluding carboxylic acids is 1. The van der Waals surface area contributed by atoms with Crippen LogP contribution in [0.25, 0.3) is 6.08 Å². The van der Waals surface area contributed by atoms with Crippen LogP contribution in [0.3, 0.4) is 0 Å². The molecule has 2 N–H and O–H groups in total. The first-order valence-corrected chi connectivity index (χ1v) is 7.68. The molecule has 7 nitrogen and oxygen atoms in total.